The van der Waals surface area contributed by atoms with Crippen molar-refractivity contribution in [2.45, 2.75) is 26.4 Å². The van der Waals surface area contributed by atoms with Gasteiger partial charge in [0.15, 0.2) is 0 Å². The van der Waals surface area contributed by atoms with Gasteiger partial charge in [0.05, 0.1) is 17.4 Å². The summed E-state index contributed by atoms with van der Waals surface area (Å²) in [5, 5.41) is 9.40. The first-order chi connectivity index (χ1) is 7.58. The molecule has 0 spiro atoms. The lowest BCUT2D eigenvalue weighted by molar-refractivity contribution is 0.0763. The molecule has 1 aliphatic rings. The molecule has 0 bridgehead atoms. The van der Waals surface area contributed by atoms with Gasteiger partial charge in [-0.15, -0.1) is 0 Å². The Bertz CT molecular complexity index is 417. The van der Waals surface area contributed by atoms with Crippen LogP contribution in [0.15, 0.2) is 12.1 Å². The summed E-state index contributed by atoms with van der Waals surface area (Å²) in [6, 6.07) is 3.65. The number of nitrogens with zero attached hydrogens (tertiary/aromatic N) is 2. The molecule has 1 unspecified atom stereocenters. The summed E-state index contributed by atoms with van der Waals surface area (Å²) in [7, 11) is 0. The fourth-order valence-corrected chi connectivity index (χ4v) is 2.01. The number of aliphatic hydroxyl groups excluding tert-OH is 1. The zero-order chi connectivity index (χ0) is 11.7. The van der Waals surface area contributed by atoms with Crippen molar-refractivity contribution >= 4 is 5.91 Å². The molecule has 1 fully saturated rings. The Balaban J connectivity index is 2.21. The molecular weight excluding hydrogens is 204 g/mol. The van der Waals surface area contributed by atoms with Gasteiger partial charge in [0.2, 0.25) is 0 Å². The predicted molar refractivity (Wildman–Crippen MR) is 60.2 cm³/mol. The van der Waals surface area contributed by atoms with E-state index in [1.54, 1.807) is 4.90 Å². The molecule has 0 aromatic carbocycles. The standard InChI is InChI=1S/C12H16N2O2/c1-8-3-4-11(9(2)13-8)12(16)14-6-5-10(15)7-14/h3-4,10,15H,5-7H2,1-2H3. The Morgan fingerprint density at radius 3 is 2.81 bits per heavy atom. The van der Waals surface area contributed by atoms with Gasteiger partial charge in [-0.25, -0.2) is 0 Å². The van der Waals surface area contributed by atoms with Gasteiger partial charge in [-0.1, -0.05) is 0 Å². The summed E-state index contributed by atoms with van der Waals surface area (Å²) in [6.45, 7) is 4.81. The van der Waals surface area contributed by atoms with Gasteiger partial charge in [-0.2, -0.15) is 0 Å². The zero-order valence-electron chi connectivity index (χ0n) is 9.60. The number of aromatic nitrogens is 1. The van der Waals surface area contributed by atoms with Crippen LogP contribution in [0.4, 0.5) is 0 Å². The van der Waals surface area contributed by atoms with Crippen molar-refractivity contribution in [3.63, 3.8) is 0 Å². The highest BCUT2D eigenvalue weighted by atomic mass is 16.3. The highest BCUT2D eigenvalue weighted by molar-refractivity contribution is 5.95. The predicted octanol–water partition coefficient (Wildman–Crippen LogP) is 0.905. The minimum absolute atomic E-state index is 0.0263. The number of carbonyl (C=O) groups excluding carboxylic acids is 1. The van der Waals surface area contributed by atoms with E-state index in [4.69, 9.17) is 0 Å². The molecule has 0 saturated carbocycles. The van der Waals surface area contributed by atoms with E-state index in [9.17, 15) is 9.90 Å². The van der Waals surface area contributed by atoms with E-state index in [0.29, 0.717) is 25.1 Å². The fraction of sp³-hybridized carbons (Fsp3) is 0.500. The first-order valence-corrected chi connectivity index (χ1v) is 5.49. The molecule has 16 heavy (non-hydrogen) atoms. The van der Waals surface area contributed by atoms with Crippen LogP contribution >= 0.6 is 0 Å². The van der Waals surface area contributed by atoms with Gasteiger partial charge in [-0.05, 0) is 32.4 Å². The molecule has 1 aromatic heterocycles. The number of aryl methyl sites for hydroxylation is 2. The Kier molecular flexibility index (Phi) is 2.92. The number of carbonyl (C=O) groups is 1. The SMILES string of the molecule is Cc1ccc(C(=O)N2CCC(O)C2)c(C)n1. The van der Waals surface area contributed by atoms with Crippen molar-refractivity contribution in [3.05, 3.63) is 29.1 Å². The summed E-state index contributed by atoms with van der Waals surface area (Å²) in [5.74, 6) is -0.0263. The van der Waals surface area contributed by atoms with Crippen LogP contribution in [0.5, 0.6) is 0 Å². The number of β-amino-alcohol motifs (C(OH)–C–C–N with tert-alkyl or cyclic N) is 1. The lowest BCUT2D eigenvalue weighted by Gasteiger charge is -2.16. The Hall–Kier alpha value is -1.42. The summed E-state index contributed by atoms with van der Waals surface area (Å²) < 4.78 is 0. The molecule has 4 nitrogen and oxygen atoms in total. The molecule has 1 saturated heterocycles. The molecule has 1 atom stereocenters. The van der Waals surface area contributed by atoms with Crippen LogP contribution < -0.4 is 0 Å². The average molecular weight is 220 g/mol. The third kappa shape index (κ3) is 2.07. The molecule has 1 aliphatic heterocycles. The van der Waals surface area contributed by atoms with E-state index in [-0.39, 0.29) is 12.0 Å². The van der Waals surface area contributed by atoms with Gasteiger partial charge < -0.3 is 10.0 Å². The Labute approximate surface area is 94.9 Å². The summed E-state index contributed by atoms with van der Waals surface area (Å²) in [5.41, 5.74) is 2.31. The van der Waals surface area contributed by atoms with Crippen molar-refractivity contribution in [2.24, 2.45) is 0 Å². The van der Waals surface area contributed by atoms with E-state index in [1.807, 2.05) is 26.0 Å². The second-order valence-corrected chi connectivity index (χ2v) is 4.28. The van der Waals surface area contributed by atoms with Crippen LogP contribution in [0.3, 0.4) is 0 Å². The molecule has 4 heteroatoms. The van der Waals surface area contributed by atoms with E-state index in [2.05, 4.69) is 4.98 Å². The third-order valence-electron chi connectivity index (χ3n) is 2.91. The number of pyridine rings is 1. The normalized spacial score (nSPS) is 20.2. The lowest BCUT2D eigenvalue weighted by Crippen LogP contribution is -2.30. The van der Waals surface area contributed by atoms with Crippen LogP contribution in [0.1, 0.15) is 28.2 Å². The lowest BCUT2D eigenvalue weighted by atomic mass is 10.1. The number of hydrogen-bond acceptors (Lipinski definition) is 3. The highest BCUT2D eigenvalue weighted by Crippen LogP contribution is 2.15. The zero-order valence-corrected chi connectivity index (χ0v) is 9.60. The van der Waals surface area contributed by atoms with Gasteiger partial charge in [0.25, 0.3) is 5.91 Å². The number of hydrogen-bond donors (Lipinski definition) is 1. The fourth-order valence-electron chi connectivity index (χ4n) is 2.01. The summed E-state index contributed by atoms with van der Waals surface area (Å²) in [6.07, 6.45) is 0.298. The number of aliphatic hydroxyl groups is 1. The summed E-state index contributed by atoms with van der Waals surface area (Å²) >= 11 is 0. The van der Waals surface area contributed by atoms with E-state index < -0.39 is 0 Å². The third-order valence-corrected chi connectivity index (χ3v) is 2.91. The molecule has 2 rings (SSSR count). The molecule has 2 heterocycles. The topological polar surface area (TPSA) is 53.4 Å². The molecular formula is C12H16N2O2. The van der Waals surface area contributed by atoms with Crippen LogP contribution in [-0.4, -0.2) is 40.1 Å². The first-order valence-electron chi connectivity index (χ1n) is 5.49. The smallest absolute Gasteiger partial charge is 0.255 e. The Morgan fingerprint density at radius 2 is 2.25 bits per heavy atom. The molecule has 86 valence electrons. The molecule has 0 aliphatic carbocycles. The summed E-state index contributed by atoms with van der Waals surface area (Å²) in [4.78, 5) is 18.1. The molecule has 1 N–H and O–H groups in total. The van der Waals surface area contributed by atoms with Gasteiger partial charge in [-0.3, -0.25) is 9.78 Å². The van der Waals surface area contributed by atoms with E-state index in [1.165, 1.54) is 0 Å². The van der Waals surface area contributed by atoms with Crippen LogP contribution in [0.2, 0.25) is 0 Å². The largest absolute Gasteiger partial charge is 0.391 e. The van der Waals surface area contributed by atoms with E-state index in [0.717, 1.165) is 11.4 Å². The van der Waals surface area contributed by atoms with Crippen LogP contribution in [-0.2, 0) is 0 Å². The number of amides is 1. The van der Waals surface area contributed by atoms with Crippen LogP contribution in [0.25, 0.3) is 0 Å². The van der Waals surface area contributed by atoms with Crippen LogP contribution in [0, 0.1) is 13.8 Å². The second-order valence-electron chi connectivity index (χ2n) is 4.28. The van der Waals surface area contributed by atoms with Gasteiger partial charge >= 0.3 is 0 Å². The van der Waals surface area contributed by atoms with Crippen molar-refractivity contribution in [2.75, 3.05) is 13.1 Å². The van der Waals surface area contributed by atoms with Crippen molar-refractivity contribution in [1.29, 1.82) is 0 Å². The second kappa shape index (κ2) is 4.22. The van der Waals surface area contributed by atoms with Gasteiger partial charge in [0.1, 0.15) is 0 Å². The number of likely N-dealkylation sites (tertiary alicyclic amines) is 1. The average Bonchev–Trinajstić information content (AvgIpc) is 2.64. The first kappa shape index (κ1) is 11.1. The monoisotopic (exact) mass is 220 g/mol. The van der Waals surface area contributed by atoms with E-state index >= 15 is 0 Å². The molecule has 1 aromatic rings. The number of rotatable bonds is 1. The maximum absolute atomic E-state index is 12.1. The maximum Gasteiger partial charge on any atom is 0.255 e. The quantitative estimate of drug-likeness (QED) is 0.765. The van der Waals surface area contributed by atoms with Crippen molar-refractivity contribution in [3.8, 4) is 0 Å². The minimum atomic E-state index is -0.373. The van der Waals surface area contributed by atoms with Gasteiger partial charge in [0, 0.05) is 18.8 Å². The molecule has 0 radical (unpaired) electrons. The Morgan fingerprint density at radius 1 is 1.50 bits per heavy atom. The van der Waals surface area contributed by atoms with Crippen molar-refractivity contribution < 1.29 is 9.90 Å². The minimum Gasteiger partial charge on any atom is -0.391 e. The molecule has 1 amide bonds. The maximum atomic E-state index is 12.1. The van der Waals surface area contributed by atoms with Crippen molar-refractivity contribution in [1.82, 2.24) is 9.88 Å². The highest BCUT2D eigenvalue weighted by Gasteiger charge is 2.26.